The molecule has 28 heavy (non-hydrogen) atoms. The van der Waals surface area contributed by atoms with Gasteiger partial charge in [0.15, 0.2) is 0 Å². The van der Waals surface area contributed by atoms with Gasteiger partial charge in [-0.1, -0.05) is 0 Å². The first-order chi connectivity index (χ1) is 13.3. The summed E-state index contributed by atoms with van der Waals surface area (Å²) in [6, 6.07) is 1.21. The summed E-state index contributed by atoms with van der Waals surface area (Å²) < 4.78 is 42.4. The van der Waals surface area contributed by atoms with Crippen LogP contribution >= 0.6 is 15.9 Å². The molecule has 3 heterocycles. The van der Waals surface area contributed by atoms with E-state index in [9.17, 15) is 22.8 Å². The number of urea groups is 1. The Bertz CT molecular complexity index is 980. The molecule has 0 radical (unpaired) electrons. The monoisotopic (exact) mass is 457 g/mol. The van der Waals surface area contributed by atoms with Crippen LogP contribution in [0, 0.1) is 11.6 Å². The minimum Gasteiger partial charge on any atom is -0.348 e. The van der Waals surface area contributed by atoms with Crippen molar-refractivity contribution in [3.8, 4) is 0 Å². The Kier molecular flexibility index (Phi) is 4.77. The Morgan fingerprint density at radius 3 is 2.89 bits per heavy atom. The van der Waals surface area contributed by atoms with Gasteiger partial charge < -0.3 is 15.5 Å². The summed E-state index contributed by atoms with van der Waals surface area (Å²) in [4.78, 5) is 26.3. The minimum absolute atomic E-state index is 0.0181. The number of nitrogens with one attached hydrogen (secondary N) is 2. The van der Waals surface area contributed by atoms with E-state index in [-0.39, 0.29) is 35.5 Å². The van der Waals surface area contributed by atoms with Crippen LogP contribution < -0.4 is 10.6 Å². The summed E-state index contributed by atoms with van der Waals surface area (Å²) in [6.07, 6.45) is -0.867. The van der Waals surface area contributed by atoms with Gasteiger partial charge in [-0.25, -0.2) is 18.0 Å². The normalized spacial score (nSPS) is 18.8. The second-order valence-electron chi connectivity index (χ2n) is 6.61. The van der Waals surface area contributed by atoms with E-state index in [2.05, 4.69) is 31.7 Å². The fraction of sp³-hybridized carbons (Fsp3) is 0.353. The molecule has 1 aromatic carbocycles. The highest BCUT2D eigenvalue weighted by Crippen LogP contribution is 2.27. The molecule has 1 atom stereocenters. The number of halogens is 4. The number of aromatic nitrogens is 2. The Morgan fingerprint density at radius 2 is 2.11 bits per heavy atom. The maximum Gasteiger partial charge on any atom is 0.322 e. The van der Waals surface area contributed by atoms with Crippen LogP contribution in [0.25, 0.3) is 0 Å². The number of rotatable bonds is 1. The van der Waals surface area contributed by atoms with Crippen molar-refractivity contribution in [2.75, 3.05) is 18.4 Å². The number of hydrogen-bond acceptors (Lipinski definition) is 3. The maximum absolute atomic E-state index is 13.9. The number of carbonyl (C=O) groups is 2. The number of benzene rings is 1. The Balaban J connectivity index is 1.57. The average Bonchev–Trinajstić information content (AvgIpc) is 2.93. The third-order valence-corrected chi connectivity index (χ3v) is 5.32. The first-order valence-corrected chi connectivity index (χ1v) is 9.34. The first kappa shape index (κ1) is 18.8. The van der Waals surface area contributed by atoms with Crippen LogP contribution in [0.3, 0.4) is 0 Å². The van der Waals surface area contributed by atoms with Gasteiger partial charge in [-0.2, -0.15) is 5.10 Å². The number of hydrogen-bond donors (Lipinski definition) is 2. The Morgan fingerprint density at radius 1 is 1.32 bits per heavy atom. The standard InChI is InChI=1S/C17H15BrF3N5O2/c18-10-3-14(12(21)4-11(10)20)23-17(28)25-2-1-13-9(7-25)15-16(27)22-5-8(19)6-26(15)24-13/h3-4,8H,1-2,5-7H2,(H,22,27)(H,23,28). The molecule has 0 saturated carbocycles. The lowest BCUT2D eigenvalue weighted by Crippen LogP contribution is -2.39. The number of amides is 3. The van der Waals surface area contributed by atoms with Crippen molar-refractivity contribution in [1.29, 1.82) is 0 Å². The molecule has 11 heteroatoms. The molecule has 2 N–H and O–H groups in total. The van der Waals surface area contributed by atoms with Crippen LogP contribution in [0.15, 0.2) is 16.6 Å². The lowest BCUT2D eigenvalue weighted by atomic mass is 10.1. The minimum atomic E-state index is -1.24. The average molecular weight is 458 g/mol. The topological polar surface area (TPSA) is 79.3 Å². The second-order valence-corrected chi connectivity index (χ2v) is 7.47. The van der Waals surface area contributed by atoms with Gasteiger partial charge in [0.25, 0.3) is 5.91 Å². The summed E-state index contributed by atoms with van der Waals surface area (Å²) >= 11 is 2.95. The molecule has 0 fully saturated rings. The van der Waals surface area contributed by atoms with Gasteiger partial charge in [-0.15, -0.1) is 0 Å². The number of fused-ring (bicyclic) bond motifs is 3. The zero-order chi connectivity index (χ0) is 20.0. The summed E-state index contributed by atoms with van der Waals surface area (Å²) in [6.45, 7) is 0.229. The van der Waals surface area contributed by atoms with Gasteiger partial charge >= 0.3 is 6.03 Å². The molecular formula is C17H15BrF3N5O2. The SMILES string of the molecule is O=C1NCC(F)Cn2nc3c(c21)CN(C(=O)Nc1cc(Br)c(F)cc1F)CC3. The molecular weight excluding hydrogens is 443 g/mol. The Labute approximate surface area is 166 Å². The zero-order valence-corrected chi connectivity index (χ0v) is 16.0. The van der Waals surface area contributed by atoms with E-state index in [1.807, 2.05) is 0 Å². The van der Waals surface area contributed by atoms with Gasteiger partial charge in [-0.3, -0.25) is 9.48 Å². The van der Waals surface area contributed by atoms with E-state index in [4.69, 9.17) is 0 Å². The second kappa shape index (κ2) is 7.12. The summed E-state index contributed by atoms with van der Waals surface area (Å²) in [5.41, 5.74) is 1.26. The highest BCUT2D eigenvalue weighted by molar-refractivity contribution is 9.10. The molecule has 2 aliphatic rings. The molecule has 4 rings (SSSR count). The fourth-order valence-corrected chi connectivity index (χ4v) is 3.68. The van der Waals surface area contributed by atoms with E-state index < -0.39 is 29.7 Å². The molecule has 7 nitrogen and oxygen atoms in total. The molecule has 148 valence electrons. The van der Waals surface area contributed by atoms with Gasteiger partial charge in [0, 0.05) is 24.6 Å². The highest BCUT2D eigenvalue weighted by Gasteiger charge is 2.32. The van der Waals surface area contributed by atoms with Gasteiger partial charge in [-0.05, 0) is 22.0 Å². The molecule has 2 aliphatic heterocycles. The van der Waals surface area contributed by atoms with E-state index in [1.54, 1.807) is 0 Å². The molecule has 2 aromatic rings. The predicted molar refractivity (Wildman–Crippen MR) is 96.6 cm³/mol. The van der Waals surface area contributed by atoms with Gasteiger partial charge in [0.1, 0.15) is 23.5 Å². The van der Waals surface area contributed by atoms with E-state index >= 15 is 0 Å². The third kappa shape index (κ3) is 3.34. The molecule has 1 unspecified atom stereocenters. The van der Waals surface area contributed by atoms with Crippen LogP contribution in [0.5, 0.6) is 0 Å². The first-order valence-electron chi connectivity index (χ1n) is 8.54. The summed E-state index contributed by atoms with van der Waals surface area (Å²) in [5.74, 6) is -2.12. The molecule has 1 aromatic heterocycles. The van der Waals surface area contributed by atoms with Crippen molar-refractivity contribution in [3.63, 3.8) is 0 Å². The fourth-order valence-electron chi connectivity index (χ4n) is 3.34. The van der Waals surface area contributed by atoms with Crippen LogP contribution in [0.2, 0.25) is 0 Å². The number of anilines is 1. The van der Waals surface area contributed by atoms with Crippen molar-refractivity contribution in [2.24, 2.45) is 0 Å². The van der Waals surface area contributed by atoms with E-state index in [0.717, 1.165) is 6.07 Å². The molecule has 0 aliphatic carbocycles. The van der Waals surface area contributed by atoms with Crippen molar-refractivity contribution < 1.29 is 22.8 Å². The molecule has 3 amide bonds. The zero-order valence-electron chi connectivity index (χ0n) is 14.4. The van der Waals surface area contributed by atoms with Crippen molar-refractivity contribution >= 4 is 33.6 Å². The molecule has 0 spiro atoms. The third-order valence-electron chi connectivity index (χ3n) is 4.71. The van der Waals surface area contributed by atoms with Crippen molar-refractivity contribution in [3.05, 3.63) is 45.2 Å². The van der Waals surface area contributed by atoms with E-state index in [1.165, 1.54) is 9.58 Å². The largest absolute Gasteiger partial charge is 0.348 e. The molecule has 0 bridgehead atoms. The summed E-state index contributed by atoms with van der Waals surface area (Å²) in [7, 11) is 0. The van der Waals surface area contributed by atoms with E-state index in [0.29, 0.717) is 30.3 Å². The van der Waals surface area contributed by atoms with Gasteiger partial charge in [0.05, 0.1) is 35.5 Å². The smallest absolute Gasteiger partial charge is 0.322 e. The van der Waals surface area contributed by atoms with Crippen LogP contribution in [-0.2, 0) is 19.5 Å². The van der Waals surface area contributed by atoms with Crippen LogP contribution in [-0.4, -0.2) is 45.9 Å². The predicted octanol–water partition coefficient (Wildman–Crippen LogP) is 2.60. The number of alkyl halides is 1. The number of nitrogens with zero attached hydrogens (tertiary/aromatic N) is 3. The van der Waals surface area contributed by atoms with Crippen molar-refractivity contribution in [2.45, 2.75) is 25.7 Å². The number of carbonyl (C=O) groups excluding carboxylic acids is 2. The lowest BCUT2D eigenvalue weighted by Gasteiger charge is -2.27. The lowest BCUT2D eigenvalue weighted by molar-refractivity contribution is 0.0943. The molecule has 0 saturated heterocycles. The maximum atomic E-state index is 13.9. The van der Waals surface area contributed by atoms with Crippen LogP contribution in [0.4, 0.5) is 23.7 Å². The van der Waals surface area contributed by atoms with Crippen LogP contribution in [0.1, 0.15) is 21.7 Å². The highest BCUT2D eigenvalue weighted by atomic mass is 79.9. The van der Waals surface area contributed by atoms with Crippen molar-refractivity contribution in [1.82, 2.24) is 20.0 Å². The Hall–Kier alpha value is -2.56. The summed E-state index contributed by atoms with van der Waals surface area (Å²) in [5, 5.41) is 9.23. The quantitative estimate of drug-likeness (QED) is 0.646. The van der Waals surface area contributed by atoms with Gasteiger partial charge in [0.2, 0.25) is 0 Å².